The average molecular weight is 268 g/mol. The molecule has 0 aromatic heterocycles. The molecule has 1 saturated heterocycles. The molecule has 1 aromatic carbocycles. The van der Waals surface area contributed by atoms with Gasteiger partial charge in [-0.2, -0.15) is 0 Å². The number of nitrogens with zero attached hydrogens (tertiary/aromatic N) is 2. The van der Waals surface area contributed by atoms with E-state index in [-0.39, 0.29) is 5.54 Å². The quantitative estimate of drug-likeness (QED) is 0.903. The van der Waals surface area contributed by atoms with Crippen molar-refractivity contribution < 1.29 is 0 Å². The lowest BCUT2D eigenvalue weighted by atomic mass is 9.96. The normalized spacial score (nSPS) is 24.9. The van der Waals surface area contributed by atoms with Crippen LogP contribution in [0.25, 0.3) is 0 Å². The summed E-state index contributed by atoms with van der Waals surface area (Å²) in [4.78, 5) is 4.73. The van der Waals surface area contributed by atoms with E-state index in [9.17, 15) is 0 Å². The van der Waals surface area contributed by atoms with Crippen molar-refractivity contribution >= 4 is 11.6 Å². The van der Waals surface area contributed by atoms with Crippen LogP contribution in [0, 0.1) is 0 Å². The Morgan fingerprint density at radius 3 is 2.83 bits per heavy atom. The van der Waals surface area contributed by atoms with E-state index >= 15 is 0 Å². The highest BCUT2D eigenvalue weighted by molar-refractivity contribution is 6.30. The van der Waals surface area contributed by atoms with Gasteiger partial charge in [-0.25, -0.2) is 0 Å². The Morgan fingerprint density at radius 2 is 2.28 bits per heavy atom. The van der Waals surface area contributed by atoms with Gasteiger partial charge in [0.15, 0.2) is 0 Å². The highest BCUT2D eigenvalue weighted by Gasteiger charge is 2.38. The number of benzene rings is 1. The van der Waals surface area contributed by atoms with Gasteiger partial charge >= 0.3 is 0 Å². The number of nitrogens with two attached hydrogens (primary N) is 1. The van der Waals surface area contributed by atoms with Gasteiger partial charge in [0.2, 0.25) is 0 Å². The number of hydrogen-bond donors (Lipinski definition) is 1. The minimum Gasteiger partial charge on any atom is -0.329 e. The summed E-state index contributed by atoms with van der Waals surface area (Å²) in [6.45, 7) is 3.76. The van der Waals surface area contributed by atoms with Crippen molar-refractivity contribution in [2.24, 2.45) is 5.73 Å². The molecule has 0 radical (unpaired) electrons. The summed E-state index contributed by atoms with van der Waals surface area (Å²) < 4.78 is 0. The van der Waals surface area contributed by atoms with Gasteiger partial charge in [0.1, 0.15) is 0 Å². The summed E-state index contributed by atoms with van der Waals surface area (Å²) in [5.41, 5.74) is 7.37. The van der Waals surface area contributed by atoms with E-state index < -0.39 is 0 Å². The maximum absolute atomic E-state index is 6.03. The molecule has 2 N–H and O–H groups in total. The van der Waals surface area contributed by atoms with E-state index in [2.05, 4.69) is 30.0 Å². The molecule has 0 aliphatic carbocycles. The van der Waals surface area contributed by atoms with Gasteiger partial charge in [0, 0.05) is 30.2 Å². The standard InChI is InChI=1S/C14H22ClN3/c1-17-7-6-14(10-16,11-17)18(2)9-12-4-3-5-13(15)8-12/h3-5,8H,6-7,9-11,16H2,1-2H3. The summed E-state index contributed by atoms with van der Waals surface area (Å²) >= 11 is 6.03. The highest BCUT2D eigenvalue weighted by Crippen LogP contribution is 2.27. The van der Waals surface area contributed by atoms with Gasteiger partial charge in [0.05, 0.1) is 0 Å². The first-order valence-corrected chi connectivity index (χ1v) is 6.78. The SMILES string of the molecule is CN1CCC(CN)(N(C)Cc2cccc(Cl)c2)C1. The van der Waals surface area contributed by atoms with E-state index in [4.69, 9.17) is 17.3 Å². The van der Waals surface area contributed by atoms with Crippen molar-refractivity contribution in [3.63, 3.8) is 0 Å². The lowest BCUT2D eigenvalue weighted by molar-refractivity contribution is 0.126. The first-order chi connectivity index (χ1) is 8.55. The predicted octanol–water partition coefficient (Wildman–Crippen LogP) is 1.80. The Bertz CT molecular complexity index is 410. The van der Waals surface area contributed by atoms with Crippen LogP contribution in [0.2, 0.25) is 5.02 Å². The average Bonchev–Trinajstić information content (AvgIpc) is 2.72. The van der Waals surface area contributed by atoms with Crippen LogP contribution in [0.1, 0.15) is 12.0 Å². The van der Waals surface area contributed by atoms with Crippen LogP contribution >= 0.6 is 11.6 Å². The topological polar surface area (TPSA) is 32.5 Å². The van der Waals surface area contributed by atoms with Crippen molar-refractivity contribution in [1.29, 1.82) is 0 Å². The Labute approximate surface area is 115 Å². The number of likely N-dealkylation sites (tertiary alicyclic amines) is 1. The second-order valence-electron chi connectivity index (χ2n) is 5.40. The Morgan fingerprint density at radius 1 is 1.50 bits per heavy atom. The molecule has 0 saturated carbocycles. The molecule has 1 atom stereocenters. The minimum atomic E-state index is 0.108. The lowest BCUT2D eigenvalue weighted by Gasteiger charge is -2.38. The molecule has 100 valence electrons. The fraction of sp³-hybridized carbons (Fsp3) is 0.571. The molecule has 1 aromatic rings. The van der Waals surface area contributed by atoms with Gasteiger partial charge in [-0.1, -0.05) is 23.7 Å². The van der Waals surface area contributed by atoms with Gasteiger partial charge in [-0.05, 0) is 44.8 Å². The van der Waals surface area contributed by atoms with Crippen molar-refractivity contribution in [2.75, 3.05) is 33.7 Å². The lowest BCUT2D eigenvalue weighted by Crippen LogP contribution is -2.53. The Kier molecular flexibility index (Phi) is 4.28. The largest absolute Gasteiger partial charge is 0.329 e. The van der Waals surface area contributed by atoms with Gasteiger partial charge in [0.25, 0.3) is 0 Å². The molecule has 0 bridgehead atoms. The molecule has 3 nitrogen and oxygen atoms in total. The van der Waals surface area contributed by atoms with Crippen LogP contribution in [0.3, 0.4) is 0 Å². The number of halogens is 1. The molecule has 1 heterocycles. The van der Waals surface area contributed by atoms with Crippen molar-refractivity contribution in [1.82, 2.24) is 9.80 Å². The number of rotatable bonds is 4. The first kappa shape index (κ1) is 13.8. The molecule has 2 rings (SSSR count). The Balaban J connectivity index is 2.09. The zero-order valence-electron chi connectivity index (χ0n) is 11.2. The van der Waals surface area contributed by atoms with E-state index in [1.54, 1.807) is 0 Å². The molecule has 0 amide bonds. The third-order valence-electron chi connectivity index (χ3n) is 4.02. The summed E-state index contributed by atoms with van der Waals surface area (Å²) in [5, 5.41) is 0.797. The van der Waals surface area contributed by atoms with Gasteiger partial charge in [-0.3, -0.25) is 4.90 Å². The molecule has 18 heavy (non-hydrogen) atoms. The minimum absolute atomic E-state index is 0.108. The second kappa shape index (κ2) is 5.57. The second-order valence-corrected chi connectivity index (χ2v) is 5.84. The monoisotopic (exact) mass is 267 g/mol. The molecule has 1 fully saturated rings. The maximum atomic E-state index is 6.03. The summed E-state index contributed by atoms with van der Waals surface area (Å²) in [5.74, 6) is 0. The summed E-state index contributed by atoms with van der Waals surface area (Å²) in [6, 6.07) is 8.06. The van der Waals surface area contributed by atoms with Crippen LogP contribution in [0.4, 0.5) is 0 Å². The zero-order valence-corrected chi connectivity index (χ0v) is 12.0. The third kappa shape index (κ3) is 2.86. The number of likely N-dealkylation sites (N-methyl/N-ethyl adjacent to an activating group) is 2. The molecule has 0 spiro atoms. The zero-order chi connectivity index (χ0) is 13.2. The van der Waals surface area contributed by atoms with Crippen molar-refractivity contribution in [3.8, 4) is 0 Å². The fourth-order valence-corrected chi connectivity index (χ4v) is 2.98. The Hall–Kier alpha value is -0.610. The molecule has 1 unspecified atom stereocenters. The van der Waals surface area contributed by atoms with Crippen LogP contribution in [0.15, 0.2) is 24.3 Å². The molecular formula is C14H22ClN3. The van der Waals surface area contributed by atoms with Crippen LogP contribution in [-0.2, 0) is 6.54 Å². The first-order valence-electron chi connectivity index (χ1n) is 6.40. The molecular weight excluding hydrogens is 246 g/mol. The molecule has 1 aliphatic rings. The fourth-order valence-electron chi connectivity index (χ4n) is 2.77. The summed E-state index contributed by atoms with van der Waals surface area (Å²) in [6.07, 6.45) is 1.14. The van der Waals surface area contributed by atoms with Crippen molar-refractivity contribution in [2.45, 2.75) is 18.5 Å². The molecule has 1 aliphatic heterocycles. The van der Waals surface area contributed by atoms with E-state index in [1.807, 2.05) is 18.2 Å². The van der Waals surface area contributed by atoms with Crippen LogP contribution < -0.4 is 5.73 Å². The van der Waals surface area contributed by atoms with E-state index in [1.165, 1.54) is 5.56 Å². The van der Waals surface area contributed by atoms with Crippen molar-refractivity contribution in [3.05, 3.63) is 34.9 Å². The highest BCUT2D eigenvalue weighted by atomic mass is 35.5. The summed E-state index contributed by atoms with van der Waals surface area (Å²) in [7, 11) is 4.32. The van der Waals surface area contributed by atoms with E-state index in [0.29, 0.717) is 6.54 Å². The van der Waals surface area contributed by atoms with E-state index in [0.717, 1.165) is 31.1 Å². The van der Waals surface area contributed by atoms with Gasteiger partial charge in [-0.15, -0.1) is 0 Å². The third-order valence-corrected chi connectivity index (χ3v) is 4.26. The van der Waals surface area contributed by atoms with Gasteiger partial charge < -0.3 is 10.6 Å². The van der Waals surface area contributed by atoms with Crippen LogP contribution in [-0.4, -0.2) is 49.1 Å². The smallest absolute Gasteiger partial charge is 0.0470 e. The molecule has 4 heteroatoms. The number of hydrogen-bond acceptors (Lipinski definition) is 3. The van der Waals surface area contributed by atoms with Crippen LogP contribution in [0.5, 0.6) is 0 Å². The maximum Gasteiger partial charge on any atom is 0.0470 e. The predicted molar refractivity (Wildman–Crippen MR) is 76.8 cm³/mol.